The number of amides is 2. The standard InChI is InChI=1S/C16H22N4O4S.ClH/c1-12-10-17-6-9-20(12)16(22)13-2-4-14(5-3-13)25(23,24)19-8-7-18-15(21)11-19;/h2-5,12,17H,6-11H2,1H3,(H,18,21);1H. The summed E-state index contributed by atoms with van der Waals surface area (Å²) >= 11 is 0. The van der Waals surface area contributed by atoms with Gasteiger partial charge in [0.15, 0.2) is 0 Å². The molecule has 0 spiro atoms. The van der Waals surface area contributed by atoms with Crippen LogP contribution in [-0.4, -0.2) is 74.7 Å². The van der Waals surface area contributed by atoms with Gasteiger partial charge in [-0.1, -0.05) is 0 Å². The lowest BCUT2D eigenvalue weighted by Crippen LogP contribution is -2.52. The second kappa shape index (κ2) is 8.34. The summed E-state index contributed by atoms with van der Waals surface area (Å²) in [6, 6.07) is 6.03. The first-order chi connectivity index (χ1) is 11.9. The zero-order valence-corrected chi connectivity index (χ0v) is 16.1. The van der Waals surface area contributed by atoms with E-state index in [0.717, 1.165) is 17.4 Å². The van der Waals surface area contributed by atoms with Crippen LogP contribution in [0.5, 0.6) is 0 Å². The van der Waals surface area contributed by atoms with Crippen molar-refractivity contribution >= 4 is 34.2 Å². The van der Waals surface area contributed by atoms with Gasteiger partial charge in [-0.2, -0.15) is 4.31 Å². The molecule has 144 valence electrons. The first-order valence-electron chi connectivity index (χ1n) is 8.28. The summed E-state index contributed by atoms with van der Waals surface area (Å²) in [5, 5.41) is 5.83. The van der Waals surface area contributed by atoms with Gasteiger partial charge in [-0.25, -0.2) is 8.42 Å². The van der Waals surface area contributed by atoms with E-state index in [1.165, 1.54) is 24.3 Å². The fourth-order valence-electron chi connectivity index (χ4n) is 3.05. The van der Waals surface area contributed by atoms with Crippen LogP contribution in [0.2, 0.25) is 0 Å². The van der Waals surface area contributed by atoms with Crippen LogP contribution < -0.4 is 10.6 Å². The molecule has 2 aliphatic rings. The van der Waals surface area contributed by atoms with Crippen molar-refractivity contribution in [3.63, 3.8) is 0 Å². The number of halogens is 1. The molecule has 10 heteroatoms. The fraction of sp³-hybridized carbons (Fsp3) is 0.500. The maximum absolute atomic E-state index is 12.6. The number of rotatable bonds is 3. The van der Waals surface area contributed by atoms with E-state index < -0.39 is 10.0 Å². The van der Waals surface area contributed by atoms with Crippen molar-refractivity contribution < 1.29 is 18.0 Å². The Kier molecular flexibility index (Phi) is 6.62. The Bertz CT molecular complexity index is 769. The van der Waals surface area contributed by atoms with Gasteiger partial charge in [0.05, 0.1) is 11.4 Å². The number of sulfonamides is 1. The highest BCUT2D eigenvalue weighted by Gasteiger charge is 2.30. The van der Waals surface area contributed by atoms with Gasteiger partial charge >= 0.3 is 0 Å². The molecule has 1 atom stereocenters. The molecule has 0 aliphatic carbocycles. The van der Waals surface area contributed by atoms with Crippen molar-refractivity contribution in [2.24, 2.45) is 0 Å². The second-order valence-corrected chi connectivity index (χ2v) is 8.20. The van der Waals surface area contributed by atoms with E-state index in [0.29, 0.717) is 18.7 Å². The van der Waals surface area contributed by atoms with Gasteiger partial charge < -0.3 is 15.5 Å². The molecule has 26 heavy (non-hydrogen) atoms. The highest BCUT2D eigenvalue weighted by atomic mass is 35.5. The van der Waals surface area contributed by atoms with E-state index in [4.69, 9.17) is 0 Å². The van der Waals surface area contributed by atoms with Crippen molar-refractivity contribution in [1.82, 2.24) is 19.8 Å². The summed E-state index contributed by atoms with van der Waals surface area (Å²) in [7, 11) is -3.74. The number of nitrogens with zero attached hydrogens (tertiary/aromatic N) is 2. The van der Waals surface area contributed by atoms with Crippen molar-refractivity contribution in [3.8, 4) is 0 Å². The minimum absolute atomic E-state index is 0. The maximum Gasteiger partial charge on any atom is 0.254 e. The molecular formula is C16H23ClN4O4S. The summed E-state index contributed by atoms with van der Waals surface area (Å²) in [5.74, 6) is -0.412. The van der Waals surface area contributed by atoms with E-state index in [1.807, 2.05) is 6.92 Å². The fourth-order valence-corrected chi connectivity index (χ4v) is 4.44. The molecule has 1 unspecified atom stereocenters. The van der Waals surface area contributed by atoms with Gasteiger partial charge in [-0.3, -0.25) is 9.59 Å². The molecule has 0 radical (unpaired) electrons. The number of hydrogen-bond acceptors (Lipinski definition) is 5. The highest BCUT2D eigenvalue weighted by molar-refractivity contribution is 7.89. The first kappa shape index (κ1) is 20.6. The summed E-state index contributed by atoms with van der Waals surface area (Å²) < 4.78 is 26.4. The number of carbonyl (C=O) groups is 2. The summed E-state index contributed by atoms with van der Waals surface area (Å²) in [4.78, 5) is 25.9. The largest absolute Gasteiger partial charge is 0.354 e. The minimum atomic E-state index is -3.74. The maximum atomic E-state index is 12.6. The van der Waals surface area contributed by atoms with Crippen molar-refractivity contribution in [3.05, 3.63) is 29.8 Å². The average Bonchev–Trinajstić information content (AvgIpc) is 2.62. The second-order valence-electron chi connectivity index (χ2n) is 6.26. The third kappa shape index (κ3) is 4.17. The molecule has 1 aromatic rings. The molecule has 2 N–H and O–H groups in total. The molecule has 0 aromatic heterocycles. The van der Waals surface area contributed by atoms with Crippen molar-refractivity contribution in [2.75, 3.05) is 39.3 Å². The molecule has 8 nitrogen and oxygen atoms in total. The number of carbonyl (C=O) groups excluding carboxylic acids is 2. The summed E-state index contributed by atoms with van der Waals surface area (Å²) in [6.45, 7) is 4.46. The van der Waals surface area contributed by atoms with Gasteiger partial charge in [-0.15, -0.1) is 12.4 Å². The Labute approximate surface area is 159 Å². The smallest absolute Gasteiger partial charge is 0.254 e. The number of benzene rings is 1. The molecule has 2 aliphatic heterocycles. The topological polar surface area (TPSA) is 98.8 Å². The van der Waals surface area contributed by atoms with Crippen molar-refractivity contribution in [1.29, 1.82) is 0 Å². The minimum Gasteiger partial charge on any atom is -0.354 e. The normalized spacial score (nSPS) is 21.7. The Balaban J connectivity index is 0.00000243. The van der Waals surface area contributed by atoms with Gasteiger partial charge in [0.1, 0.15) is 0 Å². The zero-order valence-electron chi connectivity index (χ0n) is 14.5. The van der Waals surface area contributed by atoms with E-state index in [1.54, 1.807) is 4.90 Å². The summed E-state index contributed by atoms with van der Waals surface area (Å²) in [6.07, 6.45) is 0. The Morgan fingerprint density at radius 2 is 1.85 bits per heavy atom. The van der Waals surface area contributed by atoms with Gasteiger partial charge in [-0.05, 0) is 31.2 Å². The van der Waals surface area contributed by atoms with Crippen LogP contribution >= 0.6 is 12.4 Å². The lowest BCUT2D eigenvalue weighted by atomic mass is 10.1. The third-order valence-corrected chi connectivity index (χ3v) is 6.36. The molecule has 2 amide bonds. The van der Waals surface area contributed by atoms with Gasteiger partial charge in [0.25, 0.3) is 5.91 Å². The molecule has 0 saturated carbocycles. The summed E-state index contributed by atoms with van der Waals surface area (Å²) in [5.41, 5.74) is 0.462. The Hall–Kier alpha value is -1.68. The Morgan fingerprint density at radius 1 is 1.15 bits per heavy atom. The quantitative estimate of drug-likeness (QED) is 0.720. The number of piperazine rings is 2. The molecule has 3 rings (SSSR count). The third-order valence-electron chi connectivity index (χ3n) is 4.50. The molecule has 2 heterocycles. The highest BCUT2D eigenvalue weighted by Crippen LogP contribution is 2.18. The van der Waals surface area contributed by atoms with E-state index in [9.17, 15) is 18.0 Å². The monoisotopic (exact) mass is 402 g/mol. The average molecular weight is 403 g/mol. The molecule has 2 saturated heterocycles. The Morgan fingerprint density at radius 3 is 2.46 bits per heavy atom. The van der Waals surface area contributed by atoms with Crippen molar-refractivity contribution in [2.45, 2.75) is 17.9 Å². The van der Waals surface area contributed by atoms with Gasteiger partial charge in [0.2, 0.25) is 15.9 Å². The molecule has 2 fully saturated rings. The van der Waals surface area contributed by atoms with Gasteiger partial charge in [0, 0.05) is 44.3 Å². The van der Waals surface area contributed by atoms with E-state index in [-0.39, 0.29) is 48.2 Å². The predicted molar refractivity (Wildman–Crippen MR) is 98.8 cm³/mol. The predicted octanol–water partition coefficient (Wildman–Crippen LogP) is -0.337. The van der Waals surface area contributed by atoms with Crippen LogP contribution in [0, 0.1) is 0 Å². The number of hydrogen-bond donors (Lipinski definition) is 2. The van der Waals surface area contributed by atoms with Crippen LogP contribution in [0.4, 0.5) is 0 Å². The van der Waals surface area contributed by atoms with Crippen LogP contribution in [0.3, 0.4) is 0 Å². The van der Waals surface area contributed by atoms with E-state index >= 15 is 0 Å². The zero-order chi connectivity index (χ0) is 18.0. The molecule has 0 bridgehead atoms. The molecule has 1 aromatic carbocycles. The SMILES string of the molecule is CC1CNCCN1C(=O)c1ccc(S(=O)(=O)N2CCNC(=O)C2)cc1.Cl. The van der Waals surface area contributed by atoms with Crippen LogP contribution in [0.15, 0.2) is 29.2 Å². The lowest BCUT2D eigenvalue weighted by molar-refractivity contribution is -0.122. The number of nitrogens with one attached hydrogen (secondary N) is 2. The van der Waals surface area contributed by atoms with Crippen LogP contribution in [0.25, 0.3) is 0 Å². The first-order valence-corrected chi connectivity index (χ1v) is 9.72. The van der Waals surface area contributed by atoms with E-state index in [2.05, 4.69) is 10.6 Å². The van der Waals surface area contributed by atoms with Crippen LogP contribution in [-0.2, 0) is 14.8 Å². The lowest BCUT2D eigenvalue weighted by Gasteiger charge is -2.34. The molecular weight excluding hydrogens is 380 g/mol. The van der Waals surface area contributed by atoms with Crippen LogP contribution in [0.1, 0.15) is 17.3 Å².